The second-order valence-corrected chi connectivity index (χ2v) is 7.61. The Balaban J connectivity index is 1.80. The molecular formula is C23H22O5. The fourth-order valence-corrected chi connectivity index (χ4v) is 3.58. The minimum Gasteiger partial charge on any atom is -0.493 e. The van der Waals surface area contributed by atoms with Crippen molar-refractivity contribution >= 4 is 16.9 Å². The van der Waals surface area contributed by atoms with E-state index in [4.69, 9.17) is 13.9 Å². The fraction of sp³-hybridized carbons (Fsp3) is 0.304. The van der Waals surface area contributed by atoms with E-state index in [9.17, 15) is 9.59 Å². The third kappa shape index (κ3) is 3.40. The summed E-state index contributed by atoms with van der Waals surface area (Å²) in [7, 11) is 0. The number of benzene rings is 2. The van der Waals surface area contributed by atoms with Crippen LogP contribution < -0.4 is 15.1 Å². The van der Waals surface area contributed by atoms with Gasteiger partial charge in [0.1, 0.15) is 17.1 Å². The average molecular weight is 378 g/mol. The van der Waals surface area contributed by atoms with Crippen LogP contribution >= 0.6 is 0 Å². The second kappa shape index (κ2) is 7.15. The summed E-state index contributed by atoms with van der Waals surface area (Å²) in [5.74, 6) is 1.13. The Kier molecular flexibility index (Phi) is 4.67. The first-order valence-electron chi connectivity index (χ1n) is 9.43. The van der Waals surface area contributed by atoms with Crippen LogP contribution in [0.5, 0.6) is 11.5 Å². The fourth-order valence-electron chi connectivity index (χ4n) is 3.58. The van der Waals surface area contributed by atoms with E-state index < -0.39 is 5.63 Å². The summed E-state index contributed by atoms with van der Waals surface area (Å²) in [5, 5.41) is 0.846. The Labute approximate surface area is 162 Å². The van der Waals surface area contributed by atoms with Crippen LogP contribution in [0, 0.1) is 12.8 Å². The Bertz CT molecular complexity index is 1090. The topological polar surface area (TPSA) is 65.7 Å². The summed E-state index contributed by atoms with van der Waals surface area (Å²) >= 11 is 0. The van der Waals surface area contributed by atoms with Crippen molar-refractivity contribution in [2.24, 2.45) is 5.92 Å². The number of aryl methyl sites for hydroxylation is 1. The van der Waals surface area contributed by atoms with Crippen molar-refractivity contribution in [3.05, 3.63) is 69.6 Å². The summed E-state index contributed by atoms with van der Waals surface area (Å²) < 4.78 is 16.7. The van der Waals surface area contributed by atoms with E-state index in [2.05, 4.69) is 13.8 Å². The molecule has 28 heavy (non-hydrogen) atoms. The standard InChI is InChI=1S/C23H22O5/c1-13(2)12-26-16-6-4-15(5-7-16)18-11-21(25)27-19-9-8-17-14(3)10-20(24)28-23(17)22(18)19/h4-10,13,18H,11-12H2,1-3H3. The number of rotatable bonds is 4. The molecule has 144 valence electrons. The molecule has 2 heterocycles. The molecule has 5 nitrogen and oxygen atoms in total. The number of carbonyl (C=O) groups excluding carboxylic acids is 1. The number of carbonyl (C=O) groups is 1. The molecule has 0 amide bonds. The van der Waals surface area contributed by atoms with Crippen LogP contribution in [0.1, 0.15) is 42.9 Å². The lowest BCUT2D eigenvalue weighted by Gasteiger charge is -2.25. The van der Waals surface area contributed by atoms with Crippen molar-refractivity contribution in [1.82, 2.24) is 0 Å². The van der Waals surface area contributed by atoms with Crippen molar-refractivity contribution in [3.63, 3.8) is 0 Å². The highest BCUT2D eigenvalue weighted by Gasteiger charge is 2.31. The van der Waals surface area contributed by atoms with Gasteiger partial charge in [0, 0.05) is 22.9 Å². The van der Waals surface area contributed by atoms with E-state index in [0.29, 0.717) is 23.9 Å². The minimum atomic E-state index is -0.411. The van der Waals surface area contributed by atoms with Crippen LogP contribution in [0.3, 0.4) is 0 Å². The molecule has 0 fully saturated rings. The van der Waals surface area contributed by atoms with E-state index >= 15 is 0 Å². The van der Waals surface area contributed by atoms with Crippen molar-refractivity contribution in [1.29, 1.82) is 0 Å². The smallest absolute Gasteiger partial charge is 0.336 e. The third-order valence-corrected chi connectivity index (χ3v) is 4.93. The zero-order valence-corrected chi connectivity index (χ0v) is 16.2. The number of hydrogen-bond acceptors (Lipinski definition) is 5. The average Bonchev–Trinajstić information content (AvgIpc) is 2.65. The molecule has 0 aliphatic carbocycles. The van der Waals surface area contributed by atoms with Gasteiger partial charge in [0.15, 0.2) is 0 Å². The zero-order valence-electron chi connectivity index (χ0n) is 16.2. The molecule has 0 radical (unpaired) electrons. The summed E-state index contributed by atoms with van der Waals surface area (Å²) in [6, 6.07) is 12.8. The Morgan fingerprint density at radius 3 is 2.57 bits per heavy atom. The summed E-state index contributed by atoms with van der Waals surface area (Å²) in [6.45, 7) is 6.71. The molecule has 0 saturated carbocycles. The molecule has 1 aliphatic heterocycles. The molecule has 1 unspecified atom stereocenters. The van der Waals surface area contributed by atoms with Crippen LogP contribution in [0.15, 0.2) is 51.7 Å². The largest absolute Gasteiger partial charge is 0.493 e. The van der Waals surface area contributed by atoms with Gasteiger partial charge in [-0.1, -0.05) is 26.0 Å². The summed E-state index contributed by atoms with van der Waals surface area (Å²) in [5.41, 5.74) is 2.61. The van der Waals surface area contributed by atoms with Crippen LogP contribution in [-0.2, 0) is 4.79 Å². The van der Waals surface area contributed by atoms with E-state index in [1.54, 1.807) is 6.07 Å². The molecule has 0 saturated heterocycles. The lowest BCUT2D eigenvalue weighted by atomic mass is 9.85. The van der Waals surface area contributed by atoms with Gasteiger partial charge in [-0.15, -0.1) is 0 Å². The summed E-state index contributed by atoms with van der Waals surface area (Å²) in [4.78, 5) is 24.2. The maximum absolute atomic E-state index is 12.2. The molecule has 1 aromatic heterocycles. The highest BCUT2D eigenvalue weighted by Crippen LogP contribution is 2.43. The van der Waals surface area contributed by atoms with Crippen molar-refractivity contribution < 1.29 is 18.7 Å². The minimum absolute atomic E-state index is 0.190. The first kappa shape index (κ1) is 18.3. The molecular weight excluding hydrogens is 356 g/mol. The predicted octanol–water partition coefficient (Wildman–Crippen LogP) is 4.58. The van der Waals surface area contributed by atoms with Gasteiger partial charge in [0.05, 0.1) is 13.0 Å². The molecule has 4 rings (SSSR count). The second-order valence-electron chi connectivity index (χ2n) is 7.61. The van der Waals surface area contributed by atoms with Crippen LogP contribution in [0.4, 0.5) is 0 Å². The molecule has 1 atom stereocenters. The number of ether oxygens (including phenoxy) is 2. The number of hydrogen-bond donors (Lipinski definition) is 0. The Hall–Kier alpha value is -3.08. The van der Waals surface area contributed by atoms with Gasteiger partial charge < -0.3 is 13.9 Å². The predicted molar refractivity (Wildman–Crippen MR) is 106 cm³/mol. The van der Waals surface area contributed by atoms with Crippen LogP contribution in [-0.4, -0.2) is 12.6 Å². The first-order chi connectivity index (χ1) is 13.4. The van der Waals surface area contributed by atoms with Gasteiger partial charge in [-0.3, -0.25) is 4.79 Å². The van der Waals surface area contributed by atoms with Gasteiger partial charge in [0.25, 0.3) is 0 Å². The van der Waals surface area contributed by atoms with Crippen molar-refractivity contribution in [2.45, 2.75) is 33.1 Å². The lowest BCUT2D eigenvalue weighted by Crippen LogP contribution is -2.21. The summed E-state index contributed by atoms with van der Waals surface area (Å²) in [6.07, 6.45) is 0.190. The number of esters is 1. The third-order valence-electron chi connectivity index (χ3n) is 4.93. The molecule has 0 N–H and O–H groups in total. The highest BCUT2D eigenvalue weighted by molar-refractivity contribution is 5.89. The van der Waals surface area contributed by atoms with Gasteiger partial charge in [-0.2, -0.15) is 0 Å². The molecule has 3 aromatic rings. The normalized spacial score (nSPS) is 16.1. The Morgan fingerprint density at radius 2 is 1.86 bits per heavy atom. The van der Waals surface area contributed by atoms with Gasteiger partial charge in [-0.05, 0) is 48.2 Å². The van der Waals surface area contributed by atoms with Crippen molar-refractivity contribution in [3.8, 4) is 11.5 Å². The van der Waals surface area contributed by atoms with Gasteiger partial charge in [-0.25, -0.2) is 4.79 Å². The quantitative estimate of drug-likeness (QED) is 0.378. The zero-order chi connectivity index (χ0) is 19.8. The highest BCUT2D eigenvalue weighted by atomic mass is 16.5. The molecule has 0 bridgehead atoms. The van der Waals surface area contributed by atoms with Gasteiger partial charge in [0.2, 0.25) is 0 Å². The van der Waals surface area contributed by atoms with Gasteiger partial charge >= 0.3 is 11.6 Å². The lowest BCUT2D eigenvalue weighted by molar-refractivity contribution is -0.135. The Morgan fingerprint density at radius 1 is 1.11 bits per heavy atom. The molecule has 2 aromatic carbocycles. The van der Waals surface area contributed by atoms with E-state index in [1.165, 1.54) is 6.07 Å². The van der Waals surface area contributed by atoms with Crippen molar-refractivity contribution in [2.75, 3.05) is 6.61 Å². The molecule has 5 heteroatoms. The molecule has 0 spiro atoms. The first-order valence-corrected chi connectivity index (χ1v) is 9.43. The van der Waals surface area contributed by atoms with E-state index in [0.717, 1.165) is 27.8 Å². The maximum atomic E-state index is 12.2. The number of fused-ring (bicyclic) bond motifs is 3. The maximum Gasteiger partial charge on any atom is 0.336 e. The SMILES string of the molecule is Cc1cc(=O)oc2c3c(ccc12)OC(=O)CC3c1ccc(OCC(C)C)cc1. The van der Waals surface area contributed by atoms with Crippen LogP contribution in [0.2, 0.25) is 0 Å². The van der Waals surface area contributed by atoms with E-state index in [-0.39, 0.29) is 18.3 Å². The molecule has 1 aliphatic rings. The van der Waals surface area contributed by atoms with E-state index in [1.807, 2.05) is 37.3 Å². The monoisotopic (exact) mass is 378 g/mol. The van der Waals surface area contributed by atoms with Crippen LogP contribution in [0.25, 0.3) is 11.0 Å².